The summed E-state index contributed by atoms with van der Waals surface area (Å²) in [4.78, 5) is 5.76. The molecule has 1 aromatic carbocycles. The first kappa shape index (κ1) is 18.4. The highest BCUT2D eigenvalue weighted by molar-refractivity contribution is 5.54. The molecule has 1 aromatic heterocycles. The van der Waals surface area contributed by atoms with Crippen LogP contribution in [0.2, 0.25) is 0 Å². The second-order valence-electron chi connectivity index (χ2n) is 6.06. The zero-order valence-electron chi connectivity index (χ0n) is 13.3. The van der Waals surface area contributed by atoms with E-state index in [1.165, 1.54) is 0 Å². The van der Waals surface area contributed by atoms with Crippen molar-refractivity contribution in [3.05, 3.63) is 35.5 Å². The lowest BCUT2D eigenvalue weighted by molar-refractivity contribution is 0.0378. The van der Waals surface area contributed by atoms with Gasteiger partial charge >= 0.3 is 0 Å². The van der Waals surface area contributed by atoms with Crippen LogP contribution in [0.25, 0.3) is 11.4 Å². The number of aliphatic hydroxyl groups is 2. The molecule has 132 valence electrons. The number of halogens is 3. The number of hydrogen-bond acceptors (Lipinski definition) is 6. The van der Waals surface area contributed by atoms with Gasteiger partial charge in [0.25, 0.3) is 0 Å². The molecule has 0 fully saturated rings. The van der Waals surface area contributed by atoms with E-state index in [9.17, 15) is 23.4 Å². The number of aromatic nitrogens is 2. The average Bonchev–Trinajstić information content (AvgIpc) is 3.00. The zero-order valence-corrected chi connectivity index (χ0v) is 13.3. The Bertz CT molecular complexity index is 681. The predicted octanol–water partition coefficient (Wildman–Crippen LogP) is 1.58. The molecule has 0 amide bonds. The van der Waals surface area contributed by atoms with Crippen molar-refractivity contribution in [3.63, 3.8) is 0 Å². The van der Waals surface area contributed by atoms with Gasteiger partial charge in [0.1, 0.15) is 0 Å². The monoisotopic (exact) mass is 345 g/mol. The Hall–Kier alpha value is -1.97. The minimum Gasteiger partial charge on any atom is -0.396 e. The van der Waals surface area contributed by atoms with Crippen LogP contribution in [0.1, 0.15) is 12.8 Å². The SMILES string of the molecule is CN(Cc1nc(-c2cc(F)c(F)c(F)c2)no1)CC(C)(CO)CO. The van der Waals surface area contributed by atoms with E-state index in [-0.39, 0.29) is 37.0 Å². The van der Waals surface area contributed by atoms with Crippen molar-refractivity contribution >= 4 is 0 Å². The molecule has 0 aliphatic rings. The molecule has 24 heavy (non-hydrogen) atoms. The summed E-state index contributed by atoms with van der Waals surface area (Å²) in [5, 5.41) is 22.2. The van der Waals surface area contributed by atoms with Gasteiger partial charge in [-0.3, -0.25) is 4.90 Å². The van der Waals surface area contributed by atoms with E-state index in [1.54, 1.807) is 18.9 Å². The number of aliphatic hydroxyl groups excluding tert-OH is 2. The van der Waals surface area contributed by atoms with Crippen LogP contribution in [0.15, 0.2) is 16.7 Å². The van der Waals surface area contributed by atoms with Gasteiger partial charge in [-0.2, -0.15) is 4.98 Å². The molecular weight excluding hydrogens is 327 g/mol. The van der Waals surface area contributed by atoms with Gasteiger partial charge in [0.15, 0.2) is 17.5 Å². The van der Waals surface area contributed by atoms with Gasteiger partial charge in [-0.15, -0.1) is 0 Å². The molecule has 0 bridgehead atoms. The average molecular weight is 345 g/mol. The molecule has 0 spiro atoms. The lowest BCUT2D eigenvalue weighted by Crippen LogP contribution is -2.38. The van der Waals surface area contributed by atoms with Crippen LogP contribution >= 0.6 is 0 Å². The first-order valence-electron chi connectivity index (χ1n) is 7.16. The molecule has 0 aliphatic heterocycles. The lowest BCUT2D eigenvalue weighted by atomic mass is 9.92. The van der Waals surface area contributed by atoms with Crippen molar-refractivity contribution in [2.24, 2.45) is 5.41 Å². The minimum absolute atomic E-state index is 0.0420. The molecule has 0 radical (unpaired) electrons. The van der Waals surface area contributed by atoms with E-state index >= 15 is 0 Å². The van der Waals surface area contributed by atoms with Gasteiger partial charge in [-0.05, 0) is 19.2 Å². The van der Waals surface area contributed by atoms with Crippen LogP contribution in [0.3, 0.4) is 0 Å². The highest BCUT2D eigenvalue weighted by atomic mass is 19.2. The Balaban J connectivity index is 2.11. The van der Waals surface area contributed by atoms with Gasteiger partial charge in [-0.1, -0.05) is 12.1 Å². The zero-order chi connectivity index (χ0) is 17.9. The number of rotatable bonds is 7. The second-order valence-corrected chi connectivity index (χ2v) is 6.06. The summed E-state index contributed by atoms with van der Waals surface area (Å²) in [6.45, 7) is 1.88. The fourth-order valence-corrected chi connectivity index (χ4v) is 2.21. The largest absolute Gasteiger partial charge is 0.396 e. The van der Waals surface area contributed by atoms with Crippen molar-refractivity contribution in [1.29, 1.82) is 0 Å². The molecule has 2 N–H and O–H groups in total. The number of benzene rings is 1. The highest BCUT2D eigenvalue weighted by Gasteiger charge is 2.25. The van der Waals surface area contributed by atoms with Crippen molar-refractivity contribution in [2.45, 2.75) is 13.5 Å². The fourth-order valence-electron chi connectivity index (χ4n) is 2.21. The van der Waals surface area contributed by atoms with Gasteiger partial charge < -0.3 is 14.7 Å². The van der Waals surface area contributed by atoms with Crippen molar-refractivity contribution in [2.75, 3.05) is 26.8 Å². The Morgan fingerprint density at radius 2 is 1.75 bits per heavy atom. The Labute approximate surface area is 136 Å². The maximum absolute atomic E-state index is 13.2. The maximum atomic E-state index is 13.2. The van der Waals surface area contributed by atoms with Crippen LogP contribution in [-0.4, -0.2) is 52.1 Å². The van der Waals surface area contributed by atoms with Crippen LogP contribution in [0, 0.1) is 22.9 Å². The Morgan fingerprint density at radius 3 is 2.29 bits per heavy atom. The lowest BCUT2D eigenvalue weighted by Gasteiger charge is -2.29. The summed E-state index contributed by atoms with van der Waals surface area (Å²) >= 11 is 0. The molecule has 0 unspecified atom stereocenters. The van der Waals surface area contributed by atoms with Crippen molar-refractivity contribution in [1.82, 2.24) is 15.0 Å². The molecule has 2 aromatic rings. The molecule has 2 rings (SSSR count). The van der Waals surface area contributed by atoms with Crippen LogP contribution in [0.5, 0.6) is 0 Å². The molecule has 6 nitrogen and oxygen atoms in total. The van der Waals surface area contributed by atoms with Crippen LogP contribution < -0.4 is 0 Å². The van der Waals surface area contributed by atoms with Gasteiger partial charge in [0, 0.05) is 17.5 Å². The van der Waals surface area contributed by atoms with E-state index in [0.29, 0.717) is 6.54 Å². The first-order valence-corrected chi connectivity index (χ1v) is 7.16. The summed E-state index contributed by atoms with van der Waals surface area (Å²) < 4.78 is 44.5. The number of nitrogens with zero attached hydrogens (tertiary/aromatic N) is 3. The van der Waals surface area contributed by atoms with E-state index in [2.05, 4.69) is 10.1 Å². The van der Waals surface area contributed by atoms with Gasteiger partial charge in [-0.25, -0.2) is 13.2 Å². The van der Waals surface area contributed by atoms with E-state index < -0.39 is 22.9 Å². The summed E-state index contributed by atoms with van der Waals surface area (Å²) in [6, 6.07) is 1.57. The summed E-state index contributed by atoms with van der Waals surface area (Å²) in [7, 11) is 1.73. The number of hydrogen-bond donors (Lipinski definition) is 2. The molecule has 0 saturated heterocycles. The Kier molecular flexibility index (Phi) is 5.58. The van der Waals surface area contributed by atoms with Gasteiger partial charge in [0.2, 0.25) is 11.7 Å². The fraction of sp³-hybridized carbons (Fsp3) is 0.467. The molecule has 0 atom stereocenters. The molecule has 1 heterocycles. The second kappa shape index (κ2) is 7.29. The normalized spacial score (nSPS) is 12.2. The third kappa shape index (κ3) is 4.11. The highest BCUT2D eigenvalue weighted by Crippen LogP contribution is 2.22. The van der Waals surface area contributed by atoms with Gasteiger partial charge in [0.05, 0.1) is 19.8 Å². The van der Waals surface area contributed by atoms with Crippen molar-refractivity contribution < 1.29 is 27.9 Å². The molecule has 9 heteroatoms. The topological polar surface area (TPSA) is 82.6 Å². The van der Waals surface area contributed by atoms with E-state index in [1.807, 2.05) is 0 Å². The van der Waals surface area contributed by atoms with E-state index in [4.69, 9.17) is 4.52 Å². The maximum Gasteiger partial charge on any atom is 0.241 e. The summed E-state index contributed by atoms with van der Waals surface area (Å²) in [5.41, 5.74) is -0.736. The van der Waals surface area contributed by atoms with Crippen LogP contribution in [0.4, 0.5) is 13.2 Å². The standard InChI is InChI=1S/C15H18F3N3O3/c1-15(7-22,8-23)6-21(2)5-12-19-14(20-24-12)9-3-10(16)13(18)11(17)4-9/h3-4,22-23H,5-8H2,1-2H3. The van der Waals surface area contributed by atoms with Crippen molar-refractivity contribution in [3.8, 4) is 11.4 Å². The first-order chi connectivity index (χ1) is 11.3. The molecule has 0 saturated carbocycles. The third-order valence-corrected chi connectivity index (χ3v) is 3.53. The smallest absolute Gasteiger partial charge is 0.241 e. The van der Waals surface area contributed by atoms with E-state index in [0.717, 1.165) is 12.1 Å². The minimum atomic E-state index is -1.56. The van der Waals surface area contributed by atoms with Crippen LogP contribution in [-0.2, 0) is 6.54 Å². The summed E-state index contributed by atoms with van der Waals surface area (Å²) in [5.74, 6) is -4.13. The summed E-state index contributed by atoms with van der Waals surface area (Å²) in [6.07, 6.45) is 0. The quantitative estimate of drug-likeness (QED) is 0.742. The molecular formula is C15H18F3N3O3. The predicted molar refractivity (Wildman–Crippen MR) is 78.2 cm³/mol. The third-order valence-electron chi connectivity index (χ3n) is 3.53. The Morgan fingerprint density at radius 1 is 1.17 bits per heavy atom. The molecule has 0 aliphatic carbocycles.